The summed E-state index contributed by atoms with van der Waals surface area (Å²) in [6, 6.07) is 2.52. The van der Waals surface area contributed by atoms with Gasteiger partial charge in [-0.25, -0.2) is 0 Å². The third-order valence-corrected chi connectivity index (χ3v) is 3.02. The summed E-state index contributed by atoms with van der Waals surface area (Å²) in [4.78, 5) is 27.2. The lowest BCUT2D eigenvalue weighted by molar-refractivity contribution is 0.0682. The number of nitrogens with zero attached hydrogens (tertiary/aromatic N) is 1. The van der Waals surface area contributed by atoms with Gasteiger partial charge in [0.1, 0.15) is 0 Å². The number of amides is 1. The molecular formula is C12H16N2O3. The number of likely N-dealkylation sites (tertiary alicyclic amines) is 1. The number of aromatic nitrogens is 1. The summed E-state index contributed by atoms with van der Waals surface area (Å²) in [6.07, 6.45) is 2.12. The van der Waals surface area contributed by atoms with Crippen LogP contribution in [0.3, 0.4) is 0 Å². The van der Waals surface area contributed by atoms with Crippen molar-refractivity contribution in [2.75, 3.05) is 13.1 Å². The van der Waals surface area contributed by atoms with Crippen molar-refractivity contribution in [1.82, 2.24) is 9.88 Å². The molecule has 0 aliphatic carbocycles. The minimum atomic E-state index is -0.460. The predicted octanol–water partition coefficient (Wildman–Crippen LogP) is 0.953. The van der Waals surface area contributed by atoms with Crippen LogP contribution in [-0.4, -0.2) is 34.0 Å². The van der Waals surface area contributed by atoms with Crippen LogP contribution < -0.4 is 5.56 Å². The van der Waals surface area contributed by atoms with Crippen LogP contribution in [0.1, 0.15) is 30.1 Å². The fraction of sp³-hybridized carbons (Fsp3) is 0.500. The maximum atomic E-state index is 12.1. The zero-order chi connectivity index (χ0) is 12.4. The molecule has 1 amide bonds. The van der Waals surface area contributed by atoms with Gasteiger partial charge in [-0.05, 0) is 18.8 Å². The molecule has 1 atom stereocenters. The van der Waals surface area contributed by atoms with Crippen LogP contribution in [0.25, 0.3) is 0 Å². The number of pyridine rings is 1. The second-order valence-electron chi connectivity index (χ2n) is 4.62. The van der Waals surface area contributed by atoms with Gasteiger partial charge in [-0.1, -0.05) is 6.92 Å². The molecule has 92 valence electrons. The van der Waals surface area contributed by atoms with E-state index in [1.165, 1.54) is 12.1 Å². The molecule has 1 unspecified atom stereocenters. The Morgan fingerprint density at radius 2 is 2.29 bits per heavy atom. The third kappa shape index (κ3) is 2.67. The second kappa shape index (κ2) is 4.61. The van der Waals surface area contributed by atoms with Gasteiger partial charge < -0.3 is 10.0 Å². The SMILES string of the molecule is CC1CCCN(C(=O)c2cc(O)[nH]c(=O)c2)C1. The first-order chi connectivity index (χ1) is 8.06. The highest BCUT2D eigenvalue weighted by Gasteiger charge is 2.22. The number of carbonyl (C=O) groups excluding carboxylic acids is 1. The number of hydrogen-bond donors (Lipinski definition) is 2. The summed E-state index contributed by atoms with van der Waals surface area (Å²) >= 11 is 0. The number of piperidine rings is 1. The van der Waals surface area contributed by atoms with Gasteiger partial charge in [0.15, 0.2) is 5.88 Å². The smallest absolute Gasteiger partial charge is 0.254 e. The summed E-state index contributed by atoms with van der Waals surface area (Å²) in [6.45, 7) is 3.54. The van der Waals surface area contributed by atoms with Gasteiger partial charge in [0.25, 0.3) is 11.5 Å². The number of aromatic amines is 1. The molecule has 5 nitrogen and oxygen atoms in total. The quantitative estimate of drug-likeness (QED) is 0.762. The van der Waals surface area contributed by atoms with Crippen molar-refractivity contribution in [1.29, 1.82) is 0 Å². The van der Waals surface area contributed by atoms with E-state index in [4.69, 9.17) is 0 Å². The lowest BCUT2D eigenvalue weighted by atomic mass is 10.00. The van der Waals surface area contributed by atoms with E-state index in [1.807, 2.05) is 0 Å². The fourth-order valence-electron chi connectivity index (χ4n) is 2.21. The Labute approximate surface area is 99.1 Å². The number of aromatic hydroxyl groups is 1. The average molecular weight is 236 g/mol. The van der Waals surface area contributed by atoms with E-state index in [0.29, 0.717) is 12.5 Å². The summed E-state index contributed by atoms with van der Waals surface area (Å²) in [7, 11) is 0. The Hall–Kier alpha value is -1.78. The Balaban J connectivity index is 2.21. The zero-order valence-electron chi connectivity index (χ0n) is 9.77. The zero-order valence-corrected chi connectivity index (χ0v) is 9.77. The maximum absolute atomic E-state index is 12.1. The number of H-pyrrole nitrogens is 1. The van der Waals surface area contributed by atoms with Crippen molar-refractivity contribution in [3.8, 4) is 5.88 Å². The van der Waals surface area contributed by atoms with Crippen molar-refractivity contribution < 1.29 is 9.90 Å². The number of carbonyl (C=O) groups is 1. The molecule has 0 radical (unpaired) electrons. The highest BCUT2D eigenvalue weighted by molar-refractivity contribution is 5.94. The van der Waals surface area contributed by atoms with Crippen molar-refractivity contribution in [2.45, 2.75) is 19.8 Å². The Morgan fingerprint density at radius 3 is 2.94 bits per heavy atom. The van der Waals surface area contributed by atoms with Crippen LogP contribution >= 0.6 is 0 Å². The first kappa shape index (κ1) is 11.7. The lowest BCUT2D eigenvalue weighted by Crippen LogP contribution is -2.39. The summed E-state index contributed by atoms with van der Waals surface area (Å²) < 4.78 is 0. The molecule has 0 saturated carbocycles. The van der Waals surface area contributed by atoms with Crippen molar-refractivity contribution >= 4 is 5.91 Å². The van der Waals surface area contributed by atoms with Gasteiger partial charge in [0, 0.05) is 25.2 Å². The molecule has 1 aliphatic heterocycles. The van der Waals surface area contributed by atoms with Crippen LogP contribution in [0, 0.1) is 5.92 Å². The van der Waals surface area contributed by atoms with E-state index in [9.17, 15) is 14.7 Å². The highest BCUT2D eigenvalue weighted by atomic mass is 16.3. The van der Waals surface area contributed by atoms with Gasteiger partial charge >= 0.3 is 0 Å². The van der Waals surface area contributed by atoms with Crippen LogP contribution in [0.15, 0.2) is 16.9 Å². The third-order valence-electron chi connectivity index (χ3n) is 3.02. The summed E-state index contributed by atoms with van der Waals surface area (Å²) in [5.74, 6) is 0.0344. The number of nitrogens with one attached hydrogen (secondary N) is 1. The molecule has 1 fully saturated rings. The maximum Gasteiger partial charge on any atom is 0.254 e. The topological polar surface area (TPSA) is 73.4 Å². The van der Waals surface area contributed by atoms with Crippen LogP contribution in [0.5, 0.6) is 5.88 Å². The van der Waals surface area contributed by atoms with Gasteiger partial charge in [-0.15, -0.1) is 0 Å². The van der Waals surface area contributed by atoms with E-state index in [-0.39, 0.29) is 17.4 Å². The van der Waals surface area contributed by atoms with Crippen molar-refractivity contribution in [3.63, 3.8) is 0 Å². The predicted molar refractivity (Wildman–Crippen MR) is 63.0 cm³/mol. The standard InChI is InChI=1S/C12H16N2O3/c1-8-3-2-4-14(7-8)12(17)9-5-10(15)13-11(16)6-9/h5-6,8H,2-4,7H2,1H3,(H2,13,15,16). The minimum absolute atomic E-state index is 0.182. The molecule has 17 heavy (non-hydrogen) atoms. The van der Waals surface area contributed by atoms with E-state index in [2.05, 4.69) is 11.9 Å². The average Bonchev–Trinajstić information content (AvgIpc) is 2.26. The molecule has 1 aromatic heterocycles. The molecular weight excluding hydrogens is 220 g/mol. The molecule has 5 heteroatoms. The molecule has 1 aromatic rings. The second-order valence-corrected chi connectivity index (χ2v) is 4.62. The minimum Gasteiger partial charge on any atom is -0.494 e. The molecule has 0 aromatic carbocycles. The molecule has 0 bridgehead atoms. The van der Waals surface area contributed by atoms with Gasteiger partial charge in [0.2, 0.25) is 0 Å². The van der Waals surface area contributed by atoms with Crippen molar-refractivity contribution in [2.24, 2.45) is 5.92 Å². The first-order valence-corrected chi connectivity index (χ1v) is 5.79. The molecule has 2 heterocycles. The normalized spacial score (nSPS) is 20.3. The molecule has 0 spiro atoms. The summed E-state index contributed by atoms with van der Waals surface area (Å²) in [5.41, 5.74) is -0.209. The number of rotatable bonds is 1. The molecule has 1 aliphatic rings. The van der Waals surface area contributed by atoms with E-state index in [0.717, 1.165) is 19.4 Å². The first-order valence-electron chi connectivity index (χ1n) is 5.79. The van der Waals surface area contributed by atoms with Gasteiger partial charge in [-0.3, -0.25) is 14.6 Å². The van der Waals surface area contributed by atoms with Gasteiger partial charge in [0.05, 0.1) is 5.56 Å². The van der Waals surface area contributed by atoms with E-state index < -0.39 is 5.56 Å². The van der Waals surface area contributed by atoms with Crippen molar-refractivity contribution in [3.05, 3.63) is 28.0 Å². The van der Waals surface area contributed by atoms with Gasteiger partial charge in [-0.2, -0.15) is 0 Å². The van der Waals surface area contributed by atoms with E-state index in [1.54, 1.807) is 4.90 Å². The fourth-order valence-corrected chi connectivity index (χ4v) is 2.21. The van der Waals surface area contributed by atoms with Crippen LogP contribution in [0.4, 0.5) is 0 Å². The van der Waals surface area contributed by atoms with Crippen LogP contribution in [0.2, 0.25) is 0 Å². The Morgan fingerprint density at radius 1 is 1.53 bits per heavy atom. The summed E-state index contributed by atoms with van der Waals surface area (Å²) in [5, 5.41) is 9.27. The number of hydrogen-bond acceptors (Lipinski definition) is 3. The monoisotopic (exact) mass is 236 g/mol. The lowest BCUT2D eigenvalue weighted by Gasteiger charge is -2.30. The molecule has 1 saturated heterocycles. The Bertz CT molecular complexity index is 481. The largest absolute Gasteiger partial charge is 0.494 e. The highest BCUT2D eigenvalue weighted by Crippen LogP contribution is 2.18. The Kier molecular flexibility index (Phi) is 3.17. The molecule has 2 rings (SSSR count). The van der Waals surface area contributed by atoms with Crippen LogP contribution in [-0.2, 0) is 0 Å². The molecule has 2 N–H and O–H groups in total. The van der Waals surface area contributed by atoms with E-state index >= 15 is 0 Å².